The van der Waals surface area contributed by atoms with Crippen LogP contribution < -0.4 is 5.32 Å². The topological polar surface area (TPSA) is 49.3 Å². The Morgan fingerprint density at radius 3 is 2.70 bits per heavy atom. The molecule has 0 radical (unpaired) electrons. The fourth-order valence-corrected chi connectivity index (χ4v) is 2.76. The van der Waals surface area contributed by atoms with Crippen LogP contribution >= 0.6 is 0 Å². The predicted molar refractivity (Wildman–Crippen MR) is 85.3 cm³/mol. The number of fused-ring (bicyclic) bond motifs is 1. The van der Waals surface area contributed by atoms with E-state index in [0.717, 1.165) is 10.9 Å². The molecule has 0 aliphatic rings. The van der Waals surface area contributed by atoms with Crippen LogP contribution in [-0.2, 0) is 10.8 Å². The zero-order chi connectivity index (χ0) is 14.4. The molecule has 3 nitrogen and oxygen atoms in total. The molecule has 2 unspecified atom stereocenters. The predicted octanol–water partition coefficient (Wildman–Crippen LogP) is 2.23. The second kappa shape index (κ2) is 7.53. The van der Waals surface area contributed by atoms with Gasteiger partial charge < -0.3 is 10.4 Å². The summed E-state index contributed by atoms with van der Waals surface area (Å²) in [5.41, 5.74) is 0.910. The van der Waals surface area contributed by atoms with E-state index in [4.69, 9.17) is 0 Å². The number of aliphatic hydroxyl groups excluding tert-OH is 1. The van der Waals surface area contributed by atoms with E-state index in [1.165, 1.54) is 5.39 Å². The maximum absolute atomic E-state index is 11.3. The third kappa shape index (κ3) is 4.13. The number of hydrogen-bond acceptors (Lipinski definition) is 3. The van der Waals surface area contributed by atoms with Gasteiger partial charge in [0.05, 0.1) is 6.10 Å². The average molecular weight is 291 g/mol. The standard InChI is InChI=1S/C16H21NO2S/c1-2-20(19)10-9-17-12-16(18)15-8-7-13-5-3-4-6-14(13)11-15/h3-8,11,16-18H,2,9-10,12H2,1H3. The molecule has 2 N–H and O–H groups in total. The van der Waals surface area contributed by atoms with Crippen molar-refractivity contribution in [2.45, 2.75) is 13.0 Å². The summed E-state index contributed by atoms with van der Waals surface area (Å²) >= 11 is 0. The maximum atomic E-state index is 11.3. The van der Waals surface area contributed by atoms with Crippen LogP contribution in [0.1, 0.15) is 18.6 Å². The molecule has 20 heavy (non-hydrogen) atoms. The van der Waals surface area contributed by atoms with Crippen molar-refractivity contribution in [1.82, 2.24) is 5.32 Å². The Bertz CT molecular complexity index is 585. The summed E-state index contributed by atoms with van der Waals surface area (Å²) in [6.45, 7) is 3.07. The summed E-state index contributed by atoms with van der Waals surface area (Å²) in [5.74, 6) is 1.33. The Kier molecular flexibility index (Phi) is 5.71. The second-order valence-electron chi connectivity index (χ2n) is 4.76. The van der Waals surface area contributed by atoms with Crippen molar-refractivity contribution < 1.29 is 9.32 Å². The molecule has 4 heteroatoms. The Hall–Kier alpha value is -1.23. The molecule has 0 aromatic heterocycles. The number of rotatable bonds is 7. The van der Waals surface area contributed by atoms with Gasteiger partial charge in [-0.3, -0.25) is 4.21 Å². The van der Waals surface area contributed by atoms with Gasteiger partial charge in [-0.05, 0) is 22.4 Å². The van der Waals surface area contributed by atoms with Crippen LogP contribution in [0.5, 0.6) is 0 Å². The molecule has 0 fully saturated rings. The van der Waals surface area contributed by atoms with Gasteiger partial charge in [-0.25, -0.2) is 0 Å². The molecule has 108 valence electrons. The van der Waals surface area contributed by atoms with E-state index in [-0.39, 0.29) is 0 Å². The van der Waals surface area contributed by atoms with Crippen molar-refractivity contribution in [2.24, 2.45) is 0 Å². The van der Waals surface area contributed by atoms with Gasteiger partial charge in [0.1, 0.15) is 0 Å². The summed E-state index contributed by atoms with van der Waals surface area (Å²) in [7, 11) is -0.749. The Labute approximate surface area is 122 Å². The fourth-order valence-electron chi connectivity index (χ4n) is 2.10. The Balaban J connectivity index is 1.90. The van der Waals surface area contributed by atoms with Crippen LogP contribution in [0, 0.1) is 0 Å². The third-order valence-electron chi connectivity index (χ3n) is 3.32. The molecule has 0 aliphatic heterocycles. The Morgan fingerprint density at radius 2 is 1.95 bits per heavy atom. The highest BCUT2D eigenvalue weighted by atomic mass is 32.2. The molecule has 0 bridgehead atoms. The summed E-state index contributed by atoms with van der Waals surface area (Å²) in [5, 5.41) is 15.6. The van der Waals surface area contributed by atoms with Crippen molar-refractivity contribution >= 4 is 21.6 Å². The summed E-state index contributed by atoms with van der Waals surface area (Å²) in [4.78, 5) is 0. The average Bonchev–Trinajstić information content (AvgIpc) is 2.50. The molecule has 0 spiro atoms. The van der Waals surface area contributed by atoms with Crippen molar-refractivity contribution in [3.63, 3.8) is 0 Å². The van der Waals surface area contributed by atoms with Crippen LogP contribution in [0.4, 0.5) is 0 Å². The lowest BCUT2D eigenvalue weighted by Gasteiger charge is -2.13. The lowest BCUT2D eigenvalue weighted by molar-refractivity contribution is 0.176. The van der Waals surface area contributed by atoms with Crippen molar-refractivity contribution in [1.29, 1.82) is 0 Å². The summed E-state index contributed by atoms with van der Waals surface area (Å²) in [6, 6.07) is 14.1. The van der Waals surface area contributed by atoms with E-state index < -0.39 is 16.9 Å². The first-order valence-electron chi connectivity index (χ1n) is 6.93. The van der Waals surface area contributed by atoms with Crippen molar-refractivity contribution in [2.75, 3.05) is 24.6 Å². The number of hydrogen-bond donors (Lipinski definition) is 2. The second-order valence-corrected chi connectivity index (χ2v) is 6.62. The van der Waals surface area contributed by atoms with Crippen molar-refractivity contribution in [3.05, 3.63) is 48.0 Å². The molecule has 0 amide bonds. The van der Waals surface area contributed by atoms with E-state index >= 15 is 0 Å². The number of aliphatic hydroxyl groups is 1. The summed E-state index contributed by atoms with van der Waals surface area (Å²) in [6.07, 6.45) is -0.533. The van der Waals surface area contributed by atoms with Crippen molar-refractivity contribution in [3.8, 4) is 0 Å². The number of benzene rings is 2. The SMILES string of the molecule is CCS(=O)CCNCC(O)c1ccc2ccccc2c1. The smallest absolute Gasteiger partial charge is 0.0914 e. The highest BCUT2D eigenvalue weighted by Crippen LogP contribution is 2.19. The van der Waals surface area contributed by atoms with Gasteiger partial charge in [0.25, 0.3) is 0 Å². The van der Waals surface area contributed by atoms with Crippen LogP contribution in [0.3, 0.4) is 0 Å². The number of nitrogens with one attached hydrogen (secondary N) is 1. The van der Waals surface area contributed by atoms with E-state index in [2.05, 4.69) is 11.4 Å². The van der Waals surface area contributed by atoms with Gasteiger partial charge in [-0.2, -0.15) is 0 Å². The first-order valence-corrected chi connectivity index (χ1v) is 8.42. The minimum atomic E-state index is -0.749. The molecule has 2 rings (SSSR count). The minimum Gasteiger partial charge on any atom is -0.387 e. The van der Waals surface area contributed by atoms with Gasteiger partial charge in [0, 0.05) is 35.4 Å². The molecular formula is C16H21NO2S. The molecule has 0 heterocycles. The lowest BCUT2D eigenvalue weighted by Crippen LogP contribution is -2.26. The first-order chi connectivity index (χ1) is 9.70. The summed E-state index contributed by atoms with van der Waals surface area (Å²) < 4.78 is 11.3. The Morgan fingerprint density at radius 1 is 1.20 bits per heavy atom. The zero-order valence-electron chi connectivity index (χ0n) is 11.7. The van der Waals surface area contributed by atoms with E-state index in [1.807, 2.05) is 43.3 Å². The van der Waals surface area contributed by atoms with Gasteiger partial charge in [-0.15, -0.1) is 0 Å². The van der Waals surface area contributed by atoms with Gasteiger partial charge in [0.15, 0.2) is 0 Å². The zero-order valence-corrected chi connectivity index (χ0v) is 12.5. The van der Waals surface area contributed by atoms with Crippen LogP contribution in [0.15, 0.2) is 42.5 Å². The first kappa shape index (κ1) is 15.2. The largest absolute Gasteiger partial charge is 0.387 e. The van der Waals surface area contributed by atoms with Crippen LogP contribution in [-0.4, -0.2) is 33.9 Å². The molecule has 0 aliphatic carbocycles. The van der Waals surface area contributed by atoms with Gasteiger partial charge >= 0.3 is 0 Å². The van der Waals surface area contributed by atoms with E-state index in [9.17, 15) is 9.32 Å². The quantitative estimate of drug-likeness (QED) is 0.769. The third-order valence-corrected chi connectivity index (χ3v) is 4.63. The van der Waals surface area contributed by atoms with E-state index in [1.54, 1.807) is 0 Å². The highest BCUT2D eigenvalue weighted by molar-refractivity contribution is 7.84. The van der Waals surface area contributed by atoms with Gasteiger partial charge in [-0.1, -0.05) is 43.3 Å². The molecule has 0 saturated heterocycles. The maximum Gasteiger partial charge on any atom is 0.0914 e. The fraction of sp³-hybridized carbons (Fsp3) is 0.375. The van der Waals surface area contributed by atoms with Crippen LogP contribution in [0.2, 0.25) is 0 Å². The van der Waals surface area contributed by atoms with E-state index in [0.29, 0.717) is 24.6 Å². The molecule has 2 aromatic rings. The minimum absolute atomic E-state index is 0.485. The lowest BCUT2D eigenvalue weighted by atomic mass is 10.0. The molecule has 0 saturated carbocycles. The van der Waals surface area contributed by atoms with Gasteiger partial charge in [0.2, 0.25) is 0 Å². The molecular weight excluding hydrogens is 270 g/mol. The monoisotopic (exact) mass is 291 g/mol. The molecule has 2 atom stereocenters. The van der Waals surface area contributed by atoms with Crippen LogP contribution in [0.25, 0.3) is 10.8 Å². The molecule has 2 aromatic carbocycles. The normalized spacial score (nSPS) is 14.3. The highest BCUT2D eigenvalue weighted by Gasteiger charge is 2.07.